The Balaban J connectivity index is 1.79. The fraction of sp³-hybridized carbons (Fsp3) is 0.281. The molecule has 2 aliphatic heterocycles. The smallest absolute Gasteiger partial charge is 0.354 e. The van der Waals surface area contributed by atoms with Crippen molar-refractivity contribution in [2.75, 3.05) is 23.3 Å². The van der Waals surface area contributed by atoms with E-state index in [4.69, 9.17) is 11.6 Å². The summed E-state index contributed by atoms with van der Waals surface area (Å²) in [6.07, 6.45) is 2.73. The highest BCUT2D eigenvalue weighted by Crippen LogP contribution is 2.49. The monoisotopic (exact) mass is 634 g/mol. The van der Waals surface area contributed by atoms with Gasteiger partial charge in [0.2, 0.25) is 11.8 Å². The van der Waals surface area contributed by atoms with Crippen molar-refractivity contribution in [3.8, 4) is 22.6 Å². The molecule has 0 saturated carbocycles. The van der Waals surface area contributed by atoms with Crippen LogP contribution < -0.4 is 15.9 Å². The highest BCUT2D eigenvalue weighted by Gasteiger charge is 2.43. The Labute approximate surface area is 261 Å². The lowest BCUT2D eigenvalue weighted by Crippen LogP contribution is -2.62. The quantitative estimate of drug-likeness (QED) is 0.301. The maximum absolute atomic E-state index is 17.3. The number of hydrogen-bond donors (Lipinski definition) is 2. The molecule has 2 aromatic heterocycles. The Morgan fingerprint density at radius 3 is 2.60 bits per heavy atom. The average Bonchev–Trinajstić information content (AvgIpc) is 3.10. The normalized spacial score (nSPS) is 17.7. The Kier molecular flexibility index (Phi) is 7.35. The molecule has 2 aromatic carbocycles. The van der Waals surface area contributed by atoms with Crippen molar-refractivity contribution in [3.63, 3.8) is 0 Å². The van der Waals surface area contributed by atoms with Gasteiger partial charge in [0.1, 0.15) is 28.9 Å². The highest BCUT2D eigenvalue weighted by atomic mass is 35.5. The predicted molar refractivity (Wildman–Crippen MR) is 167 cm³/mol. The predicted octanol–water partition coefficient (Wildman–Crippen LogP) is 5.06. The lowest BCUT2D eigenvalue weighted by Gasteiger charge is -2.44. The number of benzene rings is 2. The van der Waals surface area contributed by atoms with Crippen LogP contribution in [0, 0.1) is 18.6 Å². The number of phenolic OH excluding ortho intramolecular Hbond substituents is 1. The van der Waals surface area contributed by atoms with E-state index in [9.17, 15) is 19.5 Å². The molecule has 4 aromatic rings. The SMILES string of the molecule is C=CC(=O)N1CC2C(=O)Nc3c(Cl)c(-c4c(O)cccc4F)c(F)c4c3c(nc(=O)n4-c3c(C)ccnc3C(C)C)N2CC1C. The van der Waals surface area contributed by atoms with E-state index in [0.717, 1.165) is 16.7 Å². The molecule has 0 spiro atoms. The minimum absolute atomic E-state index is 0.00110. The Hall–Kier alpha value is -4.84. The third-order valence-corrected chi connectivity index (χ3v) is 8.76. The summed E-state index contributed by atoms with van der Waals surface area (Å²) < 4.78 is 33.7. The number of hydrogen-bond acceptors (Lipinski definition) is 7. The zero-order valence-electron chi connectivity index (χ0n) is 24.9. The van der Waals surface area contributed by atoms with Gasteiger partial charge in [-0.15, -0.1) is 0 Å². The number of pyridine rings is 1. The van der Waals surface area contributed by atoms with Crippen LogP contribution in [-0.2, 0) is 9.59 Å². The molecule has 2 N–H and O–H groups in total. The Morgan fingerprint density at radius 2 is 1.93 bits per heavy atom. The summed E-state index contributed by atoms with van der Waals surface area (Å²) in [7, 11) is 0. The van der Waals surface area contributed by atoms with Gasteiger partial charge >= 0.3 is 5.69 Å². The number of nitrogens with one attached hydrogen (secondary N) is 1. The summed E-state index contributed by atoms with van der Waals surface area (Å²) >= 11 is 6.84. The molecular formula is C32H29ClF2N6O4. The van der Waals surface area contributed by atoms with E-state index in [1.807, 2.05) is 13.8 Å². The van der Waals surface area contributed by atoms with Crippen LogP contribution in [0.2, 0.25) is 5.02 Å². The summed E-state index contributed by atoms with van der Waals surface area (Å²) in [4.78, 5) is 52.6. The first kappa shape index (κ1) is 30.2. The maximum Gasteiger partial charge on any atom is 0.354 e. The van der Waals surface area contributed by atoms with Crippen LogP contribution in [0.1, 0.15) is 37.9 Å². The summed E-state index contributed by atoms with van der Waals surface area (Å²) in [6, 6.07) is 3.64. The van der Waals surface area contributed by atoms with Crippen molar-refractivity contribution >= 4 is 45.8 Å². The van der Waals surface area contributed by atoms with Gasteiger partial charge < -0.3 is 20.2 Å². The summed E-state index contributed by atoms with van der Waals surface area (Å²) in [5.74, 6) is -3.92. The molecule has 232 valence electrons. The minimum atomic E-state index is -1.11. The number of phenols is 1. The molecule has 10 nitrogen and oxygen atoms in total. The van der Waals surface area contributed by atoms with Crippen LogP contribution in [0.25, 0.3) is 27.7 Å². The van der Waals surface area contributed by atoms with E-state index in [-0.39, 0.29) is 53.0 Å². The van der Waals surface area contributed by atoms with Crippen LogP contribution in [0.5, 0.6) is 5.75 Å². The number of halogens is 3. The van der Waals surface area contributed by atoms with Crippen molar-refractivity contribution < 1.29 is 23.5 Å². The number of piperazine rings is 1. The van der Waals surface area contributed by atoms with E-state index in [0.29, 0.717) is 11.3 Å². The number of rotatable bonds is 4. The number of aryl methyl sites for hydroxylation is 1. The van der Waals surface area contributed by atoms with Crippen molar-refractivity contribution in [1.82, 2.24) is 19.4 Å². The third-order valence-electron chi connectivity index (χ3n) is 8.38. The van der Waals surface area contributed by atoms with Crippen LogP contribution in [-0.4, -0.2) is 61.5 Å². The van der Waals surface area contributed by atoms with Gasteiger partial charge in [0, 0.05) is 24.3 Å². The second-order valence-electron chi connectivity index (χ2n) is 11.5. The summed E-state index contributed by atoms with van der Waals surface area (Å²) in [5, 5.41) is 13.1. The van der Waals surface area contributed by atoms with Crippen LogP contribution in [0.15, 0.2) is 47.9 Å². The number of anilines is 2. The van der Waals surface area contributed by atoms with E-state index >= 15 is 8.78 Å². The van der Waals surface area contributed by atoms with Crippen LogP contribution >= 0.6 is 11.6 Å². The van der Waals surface area contributed by atoms with Gasteiger partial charge in [-0.1, -0.05) is 38.1 Å². The molecule has 1 fully saturated rings. The van der Waals surface area contributed by atoms with Crippen LogP contribution in [0.4, 0.5) is 20.3 Å². The number of fused-ring (bicyclic) bond motifs is 2. The van der Waals surface area contributed by atoms with E-state index in [2.05, 4.69) is 21.9 Å². The molecular weight excluding hydrogens is 606 g/mol. The second-order valence-corrected chi connectivity index (χ2v) is 11.9. The molecule has 0 bridgehead atoms. The van der Waals surface area contributed by atoms with E-state index < -0.39 is 57.2 Å². The van der Waals surface area contributed by atoms with Gasteiger partial charge in [0.25, 0.3) is 0 Å². The first-order valence-corrected chi connectivity index (χ1v) is 14.7. The van der Waals surface area contributed by atoms with Crippen molar-refractivity contribution in [1.29, 1.82) is 0 Å². The van der Waals surface area contributed by atoms with Crippen LogP contribution in [0.3, 0.4) is 0 Å². The molecule has 4 heterocycles. The molecule has 13 heteroatoms. The zero-order valence-corrected chi connectivity index (χ0v) is 25.6. The lowest BCUT2D eigenvalue weighted by atomic mass is 9.98. The molecule has 1 saturated heterocycles. The van der Waals surface area contributed by atoms with E-state index in [1.54, 1.807) is 31.0 Å². The van der Waals surface area contributed by atoms with Gasteiger partial charge in [-0.05, 0) is 49.6 Å². The molecule has 2 atom stereocenters. The van der Waals surface area contributed by atoms with Gasteiger partial charge in [0.05, 0.1) is 39.6 Å². The third kappa shape index (κ3) is 4.54. The van der Waals surface area contributed by atoms with Gasteiger partial charge in [-0.2, -0.15) is 4.98 Å². The highest BCUT2D eigenvalue weighted by molar-refractivity contribution is 6.39. The molecule has 0 radical (unpaired) electrons. The topological polar surface area (TPSA) is 121 Å². The molecule has 45 heavy (non-hydrogen) atoms. The van der Waals surface area contributed by atoms with Crippen molar-refractivity contribution in [2.45, 2.75) is 45.7 Å². The number of aromatic nitrogens is 3. The molecule has 2 amide bonds. The molecule has 2 unspecified atom stereocenters. The summed E-state index contributed by atoms with van der Waals surface area (Å²) in [5.41, 5.74) is -1.10. The average molecular weight is 635 g/mol. The second kappa shape index (κ2) is 11.0. The number of carbonyl (C=O) groups excluding carboxylic acids is 2. The minimum Gasteiger partial charge on any atom is -0.507 e. The molecule has 6 rings (SSSR count). The van der Waals surface area contributed by atoms with Crippen molar-refractivity contribution in [3.05, 3.63) is 81.5 Å². The maximum atomic E-state index is 17.3. The fourth-order valence-corrected chi connectivity index (χ4v) is 6.58. The number of aromatic hydroxyl groups is 1. The Bertz CT molecular complexity index is 1990. The number of carbonyl (C=O) groups is 2. The van der Waals surface area contributed by atoms with Gasteiger partial charge in [-0.25, -0.2) is 13.6 Å². The first-order valence-electron chi connectivity index (χ1n) is 14.3. The zero-order chi connectivity index (χ0) is 32.5. The Morgan fingerprint density at radius 1 is 1.20 bits per heavy atom. The first-order chi connectivity index (χ1) is 21.4. The standard InChI is InChI=1S/C32H29ClF2N6O4/c1-6-20(43)39-13-18-31(44)37-27-23-29(25(35)22(24(27)33)21-17(34)8-7-9-19(21)42)41(28-15(4)10-11-36-26(28)14(2)3)32(45)38-30(23)40(18)12-16(39)5/h6-11,14,16,18,42H,1,12-13H2,2-5H3,(H,37,44). The van der Waals surface area contributed by atoms with Crippen molar-refractivity contribution in [2.24, 2.45) is 0 Å². The van der Waals surface area contributed by atoms with Gasteiger partial charge in [0.15, 0.2) is 5.82 Å². The van der Waals surface area contributed by atoms with E-state index in [1.165, 1.54) is 17.0 Å². The number of amides is 2. The van der Waals surface area contributed by atoms with Gasteiger partial charge in [-0.3, -0.25) is 19.1 Å². The number of nitrogens with zero attached hydrogens (tertiary/aromatic N) is 5. The summed E-state index contributed by atoms with van der Waals surface area (Å²) in [6.45, 7) is 10.8. The fourth-order valence-electron chi connectivity index (χ4n) is 6.26. The molecule has 0 aliphatic carbocycles. The lowest BCUT2D eigenvalue weighted by molar-refractivity contribution is -0.130. The molecule has 2 aliphatic rings. The largest absolute Gasteiger partial charge is 0.507 e.